The van der Waals surface area contributed by atoms with Crippen LogP contribution in [0.1, 0.15) is 76.3 Å². The number of rotatable bonds is 3. The molecule has 160 valence electrons. The van der Waals surface area contributed by atoms with Gasteiger partial charge in [-0.1, -0.05) is 56.2 Å². The van der Waals surface area contributed by atoms with E-state index in [0.717, 1.165) is 48.2 Å². The van der Waals surface area contributed by atoms with E-state index >= 15 is 0 Å². The molecule has 1 N–H and O–H groups in total. The second kappa shape index (κ2) is 8.05. The molecular weight excluding hydrogens is 374 g/mol. The Balaban J connectivity index is 1.76. The highest BCUT2D eigenvalue weighted by Crippen LogP contribution is 2.47. The summed E-state index contributed by atoms with van der Waals surface area (Å²) in [4.78, 5) is 26.7. The van der Waals surface area contributed by atoms with Gasteiger partial charge in [0.2, 0.25) is 0 Å². The second-order valence-corrected chi connectivity index (χ2v) is 9.93. The number of ether oxygens (including phenoxy) is 1. The van der Waals surface area contributed by atoms with Gasteiger partial charge in [0, 0.05) is 23.7 Å². The van der Waals surface area contributed by atoms with Crippen LogP contribution in [-0.2, 0) is 14.3 Å². The fourth-order valence-electron chi connectivity index (χ4n) is 5.27. The number of Topliss-reactive ketones (excluding diaryl/α,β-unsaturated/α-hetero) is 1. The van der Waals surface area contributed by atoms with E-state index in [0.29, 0.717) is 12.0 Å². The third kappa shape index (κ3) is 4.10. The molecule has 2 atom stereocenters. The highest BCUT2D eigenvalue weighted by Gasteiger charge is 2.46. The van der Waals surface area contributed by atoms with Gasteiger partial charge in [0.25, 0.3) is 0 Å². The predicted octanol–water partition coefficient (Wildman–Crippen LogP) is 5.33. The molecule has 4 nitrogen and oxygen atoms in total. The summed E-state index contributed by atoms with van der Waals surface area (Å²) < 4.78 is 5.97. The number of hydrogen-bond donors (Lipinski definition) is 1. The van der Waals surface area contributed by atoms with Crippen LogP contribution in [-0.4, -0.2) is 17.9 Å². The smallest absolute Gasteiger partial charge is 0.336 e. The first kappa shape index (κ1) is 20.9. The van der Waals surface area contributed by atoms with Crippen LogP contribution in [0.2, 0.25) is 0 Å². The molecule has 1 saturated carbocycles. The third-order valence-electron chi connectivity index (χ3n) is 6.72. The first-order valence-electron chi connectivity index (χ1n) is 11.3. The fraction of sp³-hybridized carbons (Fsp3) is 0.538. The Morgan fingerprint density at radius 2 is 1.70 bits per heavy atom. The van der Waals surface area contributed by atoms with Crippen molar-refractivity contribution in [1.29, 1.82) is 0 Å². The molecule has 2 aliphatic carbocycles. The van der Waals surface area contributed by atoms with Crippen molar-refractivity contribution >= 4 is 11.8 Å². The number of nitrogens with one attached hydrogen (secondary N) is 1. The molecule has 4 rings (SSSR count). The largest absolute Gasteiger partial charge is 0.459 e. The maximum atomic E-state index is 13.4. The van der Waals surface area contributed by atoms with Gasteiger partial charge in [-0.15, -0.1) is 0 Å². The number of benzene rings is 1. The number of carbonyl (C=O) groups is 2. The number of allylic oxidation sites excluding steroid dienone is 3. The van der Waals surface area contributed by atoms with Gasteiger partial charge in [0.05, 0.1) is 11.5 Å². The number of fused-ring (bicyclic) bond motifs is 1. The molecule has 2 unspecified atom stereocenters. The van der Waals surface area contributed by atoms with Crippen LogP contribution in [0.5, 0.6) is 0 Å². The van der Waals surface area contributed by atoms with Gasteiger partial charge in [-0.25, -0.2) is 4.79 Å². The lowest BCUT2D eigenvalue weighted by Gasteiger charge is -2.41. The van der Waals surface area contributed by atoms with Gasteiger partial charge in [0.15, 0.2) is 0 Å². The Kier molecular flexibility index (Phi) is 5.61. The van der Waals surface area contributed by atoms with E-state index in [2.05, 4.69) is 49.5 Å². The molecule has 0 radical (unpaired) electrons. The number of esters is 1. The average Bonchev–Trinajstić information content (AvgIpc) is 2.67. The summed E-state index contributed by atoms with van der Waals surface area (Å²) in [5.41, 5.74) is 4.31. The van der Waals surface area contributed by atoms with Crippen molar-refractivity contribution in [2.24, 2.45) is 11.3 Å². The topological polar surface area (TPSA) is 55.4 Å². The second-order valence-electron chi connectivity index (χ2n) is 9.93. The fourth-order valence-corrected chi connectivity index (χ4v) is 5.27. The molecule has 1 fully saturated rings. The van der Waals surface area contributed by atoms with Crippen molar-refractivity contribution in [3.63, 3.8) is 0 Å². The van der Waals surface area contributed by atoms with Crippen LogP contribution in [0.25, 0.3) is 0 Å². The SMILES string of the molecule is CC1=C(C(=O)OC2CCCCC2)C(c2ccc(C)cc2)C2C(=O)CC(C)(C)C=C2N1. The summed E-state index contributed by atoms with van der Waals surface area (Å²) in [6, 6.07) is 8.21. The number of ketones is 1. The van der Waals surface area contributed by atoms with Crippen LogP contribution in [0, 0.1) is 18.3 Å². The molecule has 4 heteroatoms. The summed E-state index contributed by atoms with van der Waals surface area (Å²) in [7, 11) is 0. The third-order valence-corrected chi connectivity index (χ3v) is 6.72. The quantitative estimate of drug-likeness (QED) is 0.688. The van der Waals surface area contributed by atoms with Crippen LogP contribution in [0.15, 0.2) is 47.3 Å². The van der Waals surface area contributed by atoms with Crippen LogP contribution < -0.4 is 5.32 Å². The van der Waals surface area contributed by atoms with Crippen molar-refractivity contribution in [2.45, 2.75) is 78.2 Å². The first-order chi connectivity index (χ1) is 14.2. The highest BCUT2D eigenvalue weighted by molar-refractivity contribution is 5.96. The van der Waals surface area contributed by atoms with Crippen molar-refractivity contribution in [1.82, 2.24) is 5.32 Å². The van der Waals surface area contributed by atoms with E-state index in [9.17, 15) is 9.59 Å². The molecule has 30 heavy (non-hydrogen) atoms. The monoisotopic (exact) mass is 407 g/mol. The maximum Gasteiger partial charge on any atom is 0.336 e. The van der Waals surface area contributed by atoms with Crippen molar-refractivity contribution in [2.75, 3.05) is 0 Å². The number of aryl methyl sites for hydroxylation is 1. The minimum atomic E-state index is -0.363. The molecular formula is C26H33NO3. The lowest BCUT2D eigenvalue weighted by atomic mass is 9.66. The van der Waals surface area contributed by atoms with E-state index in [1.54, 1.807) is 0 Å². The molecule has 0 amide bonds. The van der Waals surface area contributed by atoms with Gasteiger partial charge in [-0.05, 0) is 50.5 Å². The van der Waals surface area contributed by atoms with E-state index in [1.165, 1.54) is 6.42 Å². The zero-order valence-corrected chi connectivity index (χ0v) is 18.6. The molecule has 3 aliphatic rings. The van der Waals surface area contributed by atoms with Gasteiger partial charge in [-0.2, -0.15) is 0 Å². The van der Waals surface area contributed by atoms with Gasteiger partial charge < -0.3 is 10.1 Å². The molecule has 0 saturated heterocycles. The van der Waals surface area contributed by atoms with Crippen molar-refractivity contribution in [3.8, 4) is 0 Å². The predicted molar refractivity (Wildman–Crippen MR) is 118 cm³/mol. The van der Waals surface area contributed by atoms with Gasteiger partial charge >= 0.3 is 5.97 Å². The van der Waals surface area contributed by atoms with Crippen LogP contribution in [0.3, 0.4) is 0 Å². The Morgan fingerprint density at radius 1 is 1.03 bits per heavy atom. The Hall–Kier alpha value is -2.36. The lowest BCUT2D eigenvalue weighted by Crippen LogP contribution is -2.44. The highest BCUT2D eigenvalue weighted by atomic mass is 16.5. The van der Waals surface area contributed by atoms with E-state index in [4.69, 9.17) is 4.74 Å². The van der Waals surface area contributed by atoms with E-state index in [-0.39, 0.29) is 35.1 Å². The van der Waals surface area contributed by atoms with E-state index < -0.39 is 0 Å². The molecule has 0 spiro atoms. The Morgan fingerprint density at radius 3 is 2.37 bits per heavy atom. The van der Waals surface area contributed by atoms with Crippen molar-refractivity contribution in [3.05, 3.63) is 58.4 Å². The summed E-state index contributed by atoms with van der Waals surface area (Å²) in [5.74, 6) is -0.753. The normalized spacial score (nSPS) is 26.5. The zero-order chi connectivity index (χ0) is 21.5. The lowest BCUT2D eigenvalue weighted by molar-refractivity contribution is -0.146. The molecule has 0 aromatic heterocycles. The summed E-state index contributed by atoms with van der Waals surface area (Å²) in [6.45, 7) is 8.15. The first-order valence-corrected chi connectivity index (χ1v) is 11.3. The minimum Gasteiger partial charge on any atom is -0.459 e. The molecule has 0 bridgehead atoms. The molecule has 1 heterocycles. The summed E-state index contributed by atoms with van der Waals surface area (Å²) in [6.07, 6.45) is 7.94. The Labute approximate surface area is 179 Å². The summed E-state index contributed by atoms with van der Waals surface area (Å²) >= 11 is 0. The van der Waals surface area contributed by atoms with Gasteiger partial charge in [-0.3, -0.25) is 4.79 Å². The standard InChI is InChI=1S/C26H33NO3/c1-16-10-12-18(13-11-16)23-22(25(29)30-19-8-6-5-7-9-19)17(2)27-20-14-26(3,4)15-21(28)24(20)23/h10-14,19,23-24,27H,5-9,15H2,1-4H3. The molecule has 1 aromatic rings. The zero-order valence-electron chi connectivity index (χ0n) is 18.6. The average molecular weight is 408 g/mol. The minimum absolute atomic E-state index is 0.0110. The van der Waals surface area contributed by atoms with Crippen LogP contribution in [0.4, 0.5) is 0 Å². The van der Waals surface area contributed by atoms with Crippen molar-refractivity contribution < 1.29 is 14.3 Å². The molecule has 1 aliphatic heterocycles. The molecule has 1 aromatic carbocycles. The van der Waals surface area contributed by atoms with Gasteiger partial charge in [0.1, 0.15) is 11.9 Å². The number of carbonyl (C=O) groups excluding carboxylic acids is 2. The summed E-state index contributed by atoms with van der Waals surface area (Å²) in [5, 5.41) is 3.40. The number of hydrogen-bond acceptors (Lipinski definition) is 4. The van der Waals surface area contributed by atoms with E-state index in [1.807, 2.05) is 13.8 Å². The maximum absolute atomic E-state index is 13.4. The Bertz CT molecular complexity index is 901. The van der Waals surface area contributed by atoms with Crippen LogP contribution >= 0.6 is 0 Å².